The summed E-state index contributed by atoms with van der Waals surface area (Å²) < 4.78 is 14.4. The molecule has 1 nitrogen and oxygen atoms in total. The predicted octanol–water partition coefficient (Wildman–Crippen LogP) is 4.43. The Balaban J connectivity index is 1.85. The Kier molecular flexibility index (Phi) is 4.75. The topological polar surface area (TPSA) is 12.0 Å². The molecular formula is C14H15ClFNS. The molecule has 18 heavy (non-hydrogen) atoms. The van der Waals surface area contributed by atoms with Crippen LogP contribution in [0.3, 0.4) is 0 Å². The van der Waals surface area contributed by atoms with Crippen molar-refractivity contribution >= 4 is 22.9 Å². The van der Waals surface area contributed by atoms with Crippen LogP contribution in [-0.2, 0) is 6.42 Å². The van der Waals surface area contributed by atoms with Gasteiger partial charge in [-0.05, 0) is 31.5 Å². The molecule has 0 aliphatic heterocycles. The van der Waals surface area contributed by atoms with Crippen molar-refractivity contribution in [3.8, 4) is 0 Å². The maximum atomic E-state index is 13.5. The normalized spacial score (nSPS) is 12.6. The van der Waals surface area contributed by atoms with Gasteiger partial charge in [-0.2, -0.15) is 0 Å². The molecule has 0 saturated heterocycles. The molecule has 1 aromatic heterocycles. The lowest BCUT2D eigenvalue weighted by molar-refractivity contribution is 0.531. The van der Waals surface area contributed by atoms with Gasteiger partial charge in [-0.3, -0.25) is 0 Å². The van der Waals surface area contributed by atoms with Gasteiger partial charge in [0.05, 0.1) is 4.34 Å². The van der Waals surface area contributed by atoms with Crippen LogP contribution in [0.1, 0.15) is 23.4 Å². The number of rotatable bonds is 5. The predicted molar refractivity (Wildman–Crippen MR) is 75.9 cm³/mol. The minimum atomic E-state index is -0.156. The lowest BCUT2D eigenvalue weighted by Crippen LogP contribution is -2.21. The van der Waals surface area contributed by atoms with Gasteiger partial charge >= 0.3 is 0 Å². The fraction of sp³-hybridized carbons (Fsp3) is 0.286. The molecule has 2 rings (SSSR count). The number of halogens is 2. The first-order chi connectivity index (χ1) is 8.66. The Morgan fingerprint density at radius 3 is 2.72 bits per heavy atom. The molecule has 1 N–H and O–H groups in total. The number of nitrogens with one attached hydrogen (secondary N) is 1. The van der Waals surface area contributed by atoms with Crippen molar-refractivity contribution < 1.29 is 4.39 Å². The molecule has 0 spiro atoms. The van der Waals surface area contributed by atoms with E-state index in [0.29, 0.717) is 5.56 Å². The van der Waals surface area contributed by atoms with Gasteiger partial charge < -0.3 is 5.32 Å². The fourth-order valence-corrected chi connectivity index (χ4v) is 2.92. The molecule has 0 amide bonds. The zero-order valence-electron chi connectivity index (χ0n) is 10.1. The Labute approximate surface area is 116 Å². The van der Waals surface area contributed by atoms with Crippen LogP contribution < -0.4 is 5.32 Å². The largest absolute Gasteiger partial charge is 0.310 e. The summed E-state index contributed by atoms with van der Waals surface area (Å²) in [5.74, 6) is -0.156. The summed E-state index contributed by atoms with van der Waals surface area (Å²) in [6.07, 6.45) is 0.913. The third-order valence-electron chi connectivity index (χ3n) is 2.82. The van der Waals surface area contributed by atoms with E-state index < -0.39 is 0 Å². The van der Waals surface area contributed by atoms with Crippen molar-refractivity contribution in [1.29, 1.82) is 0 Å². The van der Waals surface area contributed by atoms with E-state index in [2.05, 4.69) is 5.32 Å². The smallest absolute Gasteiger partial charge is 0.127 e. The second-order valence-corrected chi connectivity index (χ2v) is 5.95. The second kappa shape index (κ2) is 6.32. The molecule has 4 heteroatoms. The molecule has 0 fully saturated rings. The third-order valence-corrected chi connectivity index (χ3v) is 4.11. The highest BCUT2D eigenvalue weighted by atomic mass is 35.5. The first-order valence-electron chi connectivity index (χ1n) is 5.89. The lowest BCUT2D eigenvalue weighted by atomic mass is 10.1. The van der Waals surface area contributed by atoms with Crippen LogP contribution in [0, 0.1) is 5.82 Å². The van der Waals surface area contributed by atoms with Crippen molar-refractivity contribution in [1.82, 2.24) is 5.32 Å². The summed E-state index contributed by atoms with van der Waals surface area (Å²) in [5, 5.41) is 3.32. The summed E-state index contributed by atoms with van der Waals surface area (Å²) in [6, 6.07) is 10.8. The maximum Gasteiger partial charge on any atom is 0.127 e. The molecule has 96 valence electrons. The van der Waals surface area contributed by atoms with E-state index in [1.165, 1.54) is 10.9 Å². The standard InChI is InChI=1S/C14H15ClFNS/c1-10(12-4-2-3-5-13(12)16)17-9-8-11-6-7-14(15)18-11/h2-7,10,17H,8-9H2,1H3. The van der Waals surface area contributed by atoms with Crippen molar-refractivity contribution in [3.05, 3.63) is 57.0 Å². The third kappa shape index (κ3) is 3.55. The van der Waals surface area contributed by atoms with Crippen LogP contribution in [0.15, 0.2) is 36.4 Å². The number of benzene rings is 1. The van der Waals surface area contributed by atoms with Gasteiger partial charge in [0.15, 0.2) is 0 Å². The summed E-state index contributed by atoms with van der Waals surface area (Å²) in [7, 11) is 0. The quantitative estimate of drug-likeness (QED) is 0.856. The SMILES string of the molecule is CC(NCCc1ccc(Cl)s1)c1ccccc1F. The molecule has 2 aromatic rings. The van der Waals surface area contributed by atoms with Crippen LogP contribution in [0.2, 0.25) is 4.34 Å². The maximum absolute atomic E-state index is 13.5. The summed E-state index contributed by atoms with van der Waals surface area (Å²) in [5.41, 5.74) is 0.710. The van der Waals surface area contributed by atoms with E-state index in [1.807, 2.05) is 31.2 Å². The first kappa shape index (κ1) is 13.5. The second-order valence-electron chi connectivity index (χ2n) is 4.15. The molecule has 1 aromatic carbocycles. The van der Waals surface area contributed by atoms with Gasteiger partial charge in [-0.25, -0.2) is 4.39 Å². The number of hydrogen-bond acceptors (Lipinski definition) is 2. The summed E-state index contributed by atoms with van der Waals surface area (Å²) in [6.45, 7) is 2.78. The Bertz CT molecular complexity index is 512. The first-order valence-corrected chi connectivity index (χ1v) is 7.08. The molecule has 1 unspecified atom stereocenters. The van der Waals surface area contributed by atoms with Gasteiger partial charge in [0, 0.05) is 23.0 Å². The van der Waals surface area contributed by atoms with Crippen molar-refractivity contribution in [3.63, 3.8) is 0 Å². The highest BCUT2D eigenvalue weighted by molar-refractivity contribution is 7.16. The average molecular weight is 284 g/mol. The fourth-order valence-electron chi connectivity index (χ4n) is 1.83. The zero-order valence-corrected chi connectivity index (χ0v) is 11.7. The number of hydrogen-bond donors (Lipinski definition) is 1. The molecular weight excluding hydrogens is 269 g/mol. The lowest BCUT2D eigenvalue weighted by Gasteiger charge is -2.14. The van der Waals surface area contributed by atoms with E-state index in [-0.39, 0.29) is 11.9 Å². The van der Waals surface area contributed by atoms with Crippen LogP contribution in [0.5, 0.6) is 0 Å². The molecule has 0 saturated carbocycles. The Hall–Kier alpha value is -0.900. The molecule has 0 bridgehead atoms. The van der Waals surface area contributed by atoms with E-state index >= 15 is 0 Å². The highest BCUT2D eigenvalue weighted by Crippen LogP contribution is 2.22. The van der Waals surface area contributed by atoms with E-state index in [4.69, 9.17) is 11.6 Å². The van der Waals surface area contributed by atoms with E-state index in [1.54, 1.807) is 17.4 Å². The van der Waals surface area contributed by atoms with Gasteiger partial charge in [0.1, 0.15) is 5.82 Å². The van der Waals surface area contributed by atoms with Crippen LogP contribution >= 0.6 is 22.9 Å². The molecule has 0 radical (unpaired) electrons. The molecule has 1 atom stereocenters. The monoisotopic (exact) mass is 283 g/mol. The van der Waals surface area contributed by atoms with Gasteiger partial charge in [0.2, 0.25) is 0 Å². The average Bonchev–Trinajstić information content (AvgIpc) is 2.75. The van der Waals surface area contributed by atoms with Crippen molar-refractivity contribution in [2.24, 2.45) is 0 Å². The van der Waals surface area contributed by atoms with Crippen LogP contribution in [0.4, 0.5) is 4.39 Å². The zero-order chi connectivity index (χ0) is 13.0. The molecule has 0 aliphatic rings. The number of thiophene rings is 1. The van der Waals surface area contributed by atoms with Gasteiger partial charge in [-0.1, -0.05) is 29.8 Å². The van der Waals surface area contributed by atoms with Crippen LogP contribution in [-0.4, -0.2) is 6.54 Å². The summed E-state index contributed by atoms with van der Waals surface area (Å²) in [4.78, 5) is 1.24. The van der Waals surface area contributed by atoms with E-state index in [9.17, 15) is 4.39 Å². The van der Waals surface area contributed by atoms with Gasteiger partial charge in [-0.15, -0.1) is 11.3 Å². The van der Waals surface area contributed by atoms with Crippen molar-refractivity contribution in [2.45, 2.75) is 19.4 Å². The Morgan fingerprint density at radius 2 is 2.06 bits per heavy atom. The highest BCUT2D eigenvalue weighted by Gasteiger charge is 2.09. The van der Waals surface area contributed by atoms with Crippen molar-refractivity contribution in [2.75, 3.05) is 6.54 Å². The summed E-state index contributed by atoms with van der Waals surface area (Å²) >= 11 is 7.46. The minimum Gasteiger partial charge on any atom is -0.310 e. The van der Waals surface area contributed by atoms with Gasteiger partial charge in [0.25, 0.3) is 0 Å². The molecule has 1 heterocycles. The minimum absolute atomic E-state index is 0.0154. The van der Waals surface area contributed by atoms with E-state index in [0.717, 1.165) is 17.3 Å². The van der Waals surface area contributed by atoms with Crippen LogP contribution in [0.25, 0.3) is 0 Å². The Morgan fingerprint density at radius 1 is 1.28 bits per heavy atom. The molecule has 0 aliphatic carbocycles.